The van der Waals surface area contributed by atoms with E-state index < -0.39 is 0 Å². The van der Waals surface area contributed by atoms with Crippen LogP contribution >= 0.6 is 0 Å². The SMILES string of the molecule is N=C1C=c2cc3ccccc3cc2=CC1. The van der Waals surface area contributed by atoms with E-state index in [0.29, 0.717) is 5.71 Å². The van der Waals surface area contributed by atoms with Crippen LogP contribution in [-0.4, -0.2) is 5.71 Å². The quantitative estimate of drug-likeness (QED) is 0.660. The summed E-state index contributed by atoms with van der Waals surface area (Å²) in [7, 11) is 0. The average molecular weight is 193 g/mol. The topological polar surface area (TPSA) is 23.9 Å². The summed E-state index contributed by atoms with van der Waals surface area (Å²) in [6.45, 7) is 0. The van der Waals surface area contributed by atoms with Gasteiger partial charge >= 0.3 is 0 Å². The molecule has 0 bridgehead atoms. The van der Waals surface area contributed by atoms with Crippen molar-refractivity contribution in [2.24, 2.45) is 0 Å². The molecule has 0 saturated carbocycles. The monoisotopic (exact) mass is 193 g/mol. The van der Waals surface area contributed by atoms with Crippen LogP contribution in [0.3, 0.4) is 0 Å². The maximum Gasteiger partial charge on any atom is 0.0358 e. The molecule has 2 aromatic carbocycles. The predicted molar refractivity (Wildman–Crippen MR) is 64.5 cm³/mol. The molecule has 3 rings (SSSR count). The minimum Gasteiger partial charge on any atom is -0.305 e. The number of benzene rings is 2. The minimum atomic E-state index is 0.692. The summed E-state index contributed by atoms with van der Waals surface area (Å²) in [6.07, 6.45) is 4.84. The zero-order valence-corrected chi connectivity index (χ0v) is 8.33. The maximum absolute atomic E-state index is 7.64. The molecule has 0 unspecified atom stereocenters. The Balaban J connectivity index is 2.49. The lowest BCUT2D eigenvalue weighted by molar-refractivity contribution is 1.40. The molecule has 1 aliphatic carbocycles. The van der Waals surface area contributed by atoms with Crippen molar-refractivity contribution in [2.45, 2.75) is 6.42 Å². The first-order valence-corrected chi connectivity index (χ1v) is 5.11. The van der Waals surface area contributed by atoms with E-state index in [0.717, 1.165) is 6.42 Å². The molecular formula is C14H11N. The van der Waals surface area contributed by atoms with Gasteiger partial charge < -0.3 is 5.41 Å². The molecule has 0 atom stereocenters. The van der Waals surface area contributed by atoms with E-state index >= 15 is 0 Å². The standard InChI is InChI=1S/C14H11N/c15-14-6-5-12-7-10-3-1-2-4-11(10)8-13(12)9-14/h1-5,7-9,15H,6H2. The Morgan fingerprint density at radius 1 is 0.933 bits per heavy atom. The second-order valence-corrected chi connectivity index (χ2v) is 3.91. The number of hydrogen-bond donors (Lipinski definition) is 1. The number of nitrogens with one attached hydrogen (secondary N) is 1. The van der Waals surface area contributed by atoms with E-state index in [1.807, 2.05) is 12.1 Å². The summed E-state index contributed by atoms with van der Waals surface area (Å²) in [5, 5.41) is 12.6. The van der Waals surface area contributed by atoms with Crippen LogP contribution in [0.25, 0.3) is 22.9 Å². The highest BCUT2D eigenvalue weighted by Crippen LogP contribution is 2.08. The Labute approximate surface area is 87.9 Å². The van der Waals surface area contributed by atoms with Gasteiger partial charge in [-0.2, -0.15) is 0 Å². The summed E-state index contributed by atoms with van der Waals surface area (Å²) >= 11 is 0. The molecule has 0 aromatic heterocycles. The van der Waals surface area contributed by atoms with Crippen molar-refractivity contribution in [2.75, 3.05) is 0 Å². The van der Waals surface area contributed by atoms with Crippen molar-refractivity contribution < 1.29 is 0 Å². The van der Waals surface area contributed by atoms with Gasteiger partial charge in [-0.25, -0.2) is 0 Å². The molecular weight excluding hydrogens is 182 g/mol. The third-order valence-corrected chi connectivity index (χ3v) is 2.82. The van der Waals surface area contributed by atoms with Gasteiger partial charge in [0.05, 0.1) is 0 Å². The van der Waals surface area contributed by atoms with Crippen molar-refractivity contribution >= 4 is 28.6 Å². The largest absolute Gasteiger partial charge is 0.305 e. The Kier molecular flexibility index (Phi) is 1.72. The highest BCUT2D eigenvalue weighted by molar-refractivity contribution is 6.11. The van der Waals surface area contributed by atoms with Crippen LogP contribution in [0.5, 0.6) is 0 Å². The van der Waals surface area contributed by atoms with Gasteiger partial charge in [0.1, 0.15) is 0 Å². The van der Waals surface area contributed by atoms with Gasteiger partial charge in [0.15, 0.2) is 0 Å². The summed E-state index contributed by atoms with van der Waals surface area (Å²) in [5.41, 5.74) is 0.692. The molecule has 1 aliphatic rings. The molecule has 1 N–H and O–H groups in total. The minimum absolute atomic E-state index is 0.692. The molecule has 0 amide bonds. The third kappa shape index (κ3) is 1.37. The number of hydrogen-bond acceptors (Lipinski definition) is 1. The normalized spacial score (nSPS) is 14.3. The van der Waals surface area contributed by atoms with E-state index in [-0.39, 0.29) is 0 Å². The molecule has 15 heavy (non-hydrogen) atoms. The molecule has 72 valence electrons. The van der Waals surface area contributed by atoms with Gasteiger partial charge in [0.25, 0.3) is 0 Å². The van der Waals surface area contributed by atoms with E-state index in [1.54, 1.807) is 0 Å². The molecule has 2 aromatic rings. The van der Waals surface area contributed by atoms with Crippen LogP contribution in [0.15, 0.2) is 36.4 Å². The van der Waals surface area contributed by atoms with E-state index in [4.69, 9.17) is 5.41 Å². The van der Waals surface area contributed by atoms with Gasteiger partial charge in [-0.15, -0.1) is 0 Å². The predicted octanol–water partition coefficient (Wildman–Crippen LogP) is 1.82. The maximum atomic E-state index is 7.64. The fraction of sp³-hybridized carbons (Fsp3) is 0.0714. The second-order valence-electron chi connectivity index (χ2n) is 3.91. The van der Waals surface area contributed by atoms with Gasteiger partial charge in [-0.3, -0.25) is 0 Å². The highest BCUT2D eigenvalue weighted by Gasteiger charge is 1.99. The van der Waals surface area contributed by atoms with Crippen LogP contribution in [0.1, 0.15) is 6.42 Å². The van der Waals surface area contributed by atoms with Crippen molar-refractivity contribution in [3.8, 4) is 0 Å². The summed E-state index contributed by atoms with van der Waals surface area (Å²) in [6, 6.07) is 12.7. The average Bonchev–Trinajstić information content (AvgIpc) is 2.26. The summed E-state index contributed by atoms with van der Waals surface area (Å²) in [5.74, 6) is 0. The smallest absolute Gasteiger partial charge is 0.0358 e. The summed E-state index contributed by atoms with van der Waals surface area (Å²) in [4.78, 5) is 0. The van der Waals surface area contributed by atoms with Crippen molar-refractivity contribution in [3.63, 3.8) is 0 Å². The van der Waals surface area contributed by atoms with Crippen molar-refractivity contribution in [1.29, 1.82) is 5.41 Å². The molecule has 1 nitrogen and oxygen atoms in total. The molecule has 0 saturated heterocycles. The van der Waals surface area contributed by atoms with Gasteiger partial charge in [0, 0.05) is 12.1 Å². The Morgan fingerprint density at radius 3 is 2.33 bits per heavy atom. The van der Waals surface area contributed by atoms with Gasteiger partial charge in [0.2, 0.25) is 0 Å². The van der Waals surface area contributed by atoms with Crippen LogP contribution < -0.4 is 10.4 Å². The van der Waals surface area contributed by atoms with Crippen molar-refractivity contribution in [3.05, 3.63) is 46.8 Å². The lowest BCUT2D eigenvalue weighted by Gasteiger charge is -2.03. The zero-order chi connectivity index (χ0) is 10.3. The number of rotatable bonds is 0. The molecule has 0 aliphatic heterocycles. The molecule has 1 heteroatoms. The molecule has 0 radical (unpaired) electrons. The molecule has 0 fully saturated rings. The van der Waals surface area contributed by atoms with E-state index in [1.165, 1.54) is 21.2 Å². The second kappa shape index (κ2) is 3.06. The van der Waals surface area contributed by atoms with E-state index in [2.05, 4.69) is 36.4 Å². The van der Waals surface area contributed by atoms with Crippen LogP contribution in [0, 0.1) is 5.41 Å². The lowest BCUT2D eigenvalue weighted by atomic mass is 10.0. The van der Waals surface area contributed by atoms with Crippen LogP contribution in [-0.2, 0) is 0 Å². The first kappa shape index (κ1) is 8.42. The highest BCUT2D eigenvalue weighted by atomic mass is 14.4. The Hall–Kier alpha value is -1.89. The van der Waals surface area contributed by atoms with Crippen molar-refractivity contribution in [1.82, 2.24) is 0 Å². The van der Waals surface area contributed by atoms with E-state index in [9.17, 15) is 0 Å². The molecule has 0 spiro atoms. The Morgan fingerprint density at radius 2 is 1.60 bits per heavy atom. The first-order chi connectivity index (χ1) is 7.33. The Bertz CT molecular complexity index is 665. The third-order valence-electron chi connectivity index (χ3n) is 2.82. The first-order valence-electron chi connectivity index (χ1n) is 5.11. The summed E-state index contributed by atoms with van der Waals surface area (Å²) < 4.78 is 0. The van der Waals surface area contributed by atoms with Gasteiger partial charge in [-0.05, 0) is 39.4 Å². The molecule has 0 heterocycles. The lowest BCUT2D eigenvalue weighted by Crippen LogP contribution is -2.28. The zero-order valence-electron chi connectivity index (χ0n) is 8.33. The number of fused-ring (bicyclic) bond motifs is 2. The fourth-order valence-corrected chi connectivity index (χ4v) is 2.04. The van der Waals surface area contributed by atoms with Gasteiger partial charge in [-0.1, -0.05) is 30.3 Å². The van der Waals surface area contributed by atoms with Crippen LogP contribution in [0.4, 0.5) is 0 Å². The van der Waals surface area contributed by atoms with Crippen LogP contribution in [0.2, 0.25) is 0 Å². The fourth-order valence-electron chi connectivity index (χ4n) is 2.04.